The maximum Gasteiger partial charge on any atom is 0.237 e. The Balaban J connectivity index is 2.32. The number of carbonyl (C=O) groups is 1. The average molecular weight is 246 g/mol. The van der Waals surface area contributed by atoms with E-state index >= 15 is 0 Å². The number of thioether (sulfide) groups is 1. The molecule has 4 N–H and O–H groups in total. The maximum absolute atomic E-state index is 11.7. The van der Waals surface area contributed by atoms with Crippen molar-refractivity contribution in [2.45, 2.75) is 37.8 Å². The molecule has 2 unspecified atom stereocenters. The van der Waals surface area contributed by atoms with E-state index in [9.17, 15) is 4.79 Å². The Hall–Kier alpha value is -0.260. The van der Waals surface area contributed by atoms with Crippen LogP contribution in [0, 0.1) is 5.92 Å². The molecular formula is C11H22N2O2S. The normalized spacial score (nSPS) is 26.7. The van der Waals surface area contributed by atoms with Crippen LogP contribution in [0.1, 0.15) is 25.7 Å². The Bertz CT molecular complexity index is 226. The van der Waals surface area contributed by atoms with Gasteiger partial charge in [0.1, 0.15) is 0 Å². The molecule has 0 aromatic heterocycles. The van der Waals surface area contributed by atoms with Gasteiger partial charge in [0.2, 0.25) is 5.91 Å². The summed E-state index contributed by atoms with van der Waals surface area (Å²) in [6.45, 7) is 0.158. The lowest BCUT2D eigenvalue weighted by Gasteiger charge is -2.21. The highest BCUT2D eigenvalue weighted by atomic mass is 32.2. The highest BCUT2D eigenvalue weighted by Gasteiger charge is 2.28. The molecule has 0 aliphatic heterocycles. The van der Waals surface area contributed by atoms with E-state index in [0.717, 1.165) is 25.0 Å². The molecule has 1 aliphatic carbocycles. The summed E-state index contributed by atoms with van der Waals surface area (Å²) in [7, 11) is 0. The monoisotopic (exact) mass is 246 g/mol. The summed E-state index contributed by atoms with van der Waals surface area (Å²) in [5, 5.41) is 12.1. The second-order valence-electron chi connectivity index (χ2n) is 4.38. The van der Waals surface area contributed by atoms with Gasteiger partial charge in [0.25, 0.3) is 0 Å². The zero-order valence-electron chi connectivity index (χ0n) is 9.82. The predicted octanol–water partition coefficient (Wildman–Crippen LogP) is 0.344. The Morgan fingerprint density at radius 3 is 3.00 bits per heavy atom. The van der Waals surface area contributed by atoms with Crippen LogP contribution in [0.15, 0.2) is 0 Å². The third kappa shape index (κ3) is 3.96. The van der Waals surface area contributed by atoms with E-state index in [1.807, 2.05) is 6.26 Å². The van der Waals surface area contributed by atoms with Crippen molar-refractivity contribution in [2.75, 3.05) is 18.6 Å². The summed E-state index contributed by atoms with van der Waals surface area (Å²) < 4.78 is 0. The van der Waals surface area contributed by atoms with Crippen LogP contribution in [0.5, 0.6) is 0 Å². The topological polar surface area (TPSA) is 75.4 Å². The largest absolute Gasteiger partial charge is 0.396 e. The van der Waals surface area contributed by atoms with Crippen LogP contribution >= 0.6 is 11.8 Å². The van der Waals surface area contributed by atoms with Crippen molar-refractivity contribution in [2.24, 2.45) is 11.7 Å². The molecule has 1 amide bonds. The molecule has 0 heterocycles. The number of nitrogens with one attached hydrogen (secondary N) is 1. The SMILES string of the molecule is CSCC[C@@H](N)C(=O)NC1CCCC1CO. The summed E-state index contributed by atoms with van der Waals surface area (Å²) in [6.07, 6.45) is 5.76. The number of hydrogen-bond acceptors (Lipinski definition) is 4. The molecule has 1 rings (SSSR count). The molecule has 0 saturated heterocycles. The Morgan fingerprint density at radius 1 is 1.62 bits per heavy atom. The van der Waals surface area contributed by atoms with E-state index in [1.54, 1.807) is 11.8 Å². The van der Waals surface area contributed by atoms with Crippen molar-refractivity contribution in [3.63, 3.8) is 0 Å². The first-order valence-corrected chi connectivity index (χ1v) is 7.24. The van der Waals surface area contributed by atoms with Crippen molar-refractivity contribution in [1.29, 1.82) is 0 Å². The van der Waals surface area contributed by atoms with Gasteiger partial charge in [0.15, 0.2) is 0 Å². The van der Waals surface area contributed by atoms with Crippen molar-refractivity contribution >= 4 is 17.7 Å². The molecule has 16 heavy (non-hydrogen) atoms. The van der Waals surface area contributed by atoms with E-state index < -0.39 is 6.04 Å². The Morgan fingerprint density at radius 2 is 2.38 bits per heavy atom. The fourth-order valence-electron chi connectivity index (χ4n) is 2.11. The summed E-state index contributed by atoms with van der Waals surface area (Å²) in [4.78, 5) is 11.7. The Labute approximate surface area is 101 Å². The first-order valence-electron chi connectivity index (χ1n) is 5.84. The molecule has 0 radical (unpaired) electrons. The lowest BCUT2D eigenvalue weighted by molar-refractivity contribution is -0.123. The van der Waals surface area contributed by atoms with Gasteiger partial charge < -0.3 is 16.2 Å². The van der Waals surface area contributed by atoms with Gasteiger partial charge in [-0.1, -0.05) is 6.42 Å². The van der Waals surface area contributed by atoms with Crippen LogP contribution in [0.25, 0.3) is 0 Å². The Kier molecular flexibility index (Phi) is 6.16. The molecule has 0 spiro atoms. The van der Waals surface area contributed by atoms with Gasteiger partial charge in [-0.3, -0.25) is 4.79 Å². The number of hydrogen-bond donors (Lipinski definition) is 3. The highest BCUT2D eigenvalue weighted by molar-refractivity contribution is 7.98. The first-order chi connectivity index (χ1) is 7.69. The number of nitrogens with two attached hydrogens (primary N) is 1. The predicted molar refractivity (Wildman–Crippen MR) is 67.3 cm³/mol. The third-order valence-electron chi connectivity index (χ3n) is 3.19. The van der Waals surface area contributed by atoms with Crippen molar-refractivity contribution in [3.8, 4) is 0 Å². The van der Waals surface area contributed by atoms with E-state index in [0.29, 0.717) is 6.42 Å². The molecule has 5 heteroatoms. The van der Waals surface area contributed by atoms with E-state index in [4.69, 9.17) is 10.8 Å². The minimum absolute atomic E-state index is 0.0700. The van der Waals surface area contributed by atoms with E-state index in [-0.39, 0.29) is 24.5 Å². The molecule has 3 atom stereocenters. The van der Waals surface area contributed by atoms with Crippen LogP contribution in [0.4, 0.5) is 0 Å². The lowest BCUT2D eigenvalue weighted by Crippen LogP contribution is -2.47. The number of aliphatic hydroxyl groups excluding tert-OH is 1. The molecular weight excluding hydrogens is 224 g/mol. The smallest absolute Gasteiger partial charge is 0.237 e. The van der Waals surface area contributed by atoms with Crippen LogP contribution in [-0.4, -0.2) is 41.7 Å². The fraction of sp³-hybridized carbons (Fsp3) is 0.909. The maximum atomic E-state index is 11.7. The molecule has 0 aromatic rings. The van der Waals surface area contributed by atoms with Crippen molar-refractivity contribution in [3.05, 3.63) is 0 Å². The zero-order valence-corrected chi connectivity index (χ0v) is 10.6. The number of aliphatic hydroxyl groups is 1. The highest BCUT2D eigenvalue weighted by Crippen LogP contribution is 2.25. The van der Waals surface area contributed by atoms with E-state index in [1.165, 1.54) is 0 Å². The fourth-order valence-corrected chi connectivity index (χ4v) is 2.60. The van der Waals surface area contributed by atoms with Crippen LogP contribution < -0.4 is 11.1 Å². The van der Waals surface area contributed by atoms with Gasteiger partial charge in [-0.2, -0.15) is 11.8 Å². The molecule has 1 fully saturated rings. The number of amides is 1. The van der Waals surface area contributed by atoms with Gasteiger partial charge in [0, 0.05) is 18.6 Å². The summed E-state index contributed by atoms with van der Waals surface area (Å²) >= 11 is 1.70. The quantitative estimate of drug-likeness (QED) is 0.632. The third-order valence-corrected chi connectivity index (χ3v) is 3.83. The zero-order chi connectivity index (χ0) is 12.0. The summed E-state index contributed by atoms with van der Waals surface area (Å²) in [5.41, 5.74) is 5.78. The number of rotatable bonds is 6. The van der Waals surface area contributed by atoms with Gasteiger partial charge in [-0.05, 0) is 31.3 Å². The number of carbonyl (C=O) groups excluding carboxylic acids is 1. The van der Waals surface area contributed by atoms with Crippen LogP contribution in [-0.2, 0) is 4.79 Å². The molecule has 94 valence electrons. The van der Waals surface area contributed by atoms with Gasteiger partial charge in [0.05, 0.1) is 6.04 Å². The molecule has 4 nitrogen and oxygen atoms in total. The van der Waals surface area contributed by atoms with Gasteiger partial charge in [-0.25, -0.2) is 0 Å². The van der Waals surface area contributed by atoms with Gasteiger partial charge >= 0.3 is 0 Å². The summed E-state index contributed by atoms with van der Waals surface area (Å²) in [5.74, 6) is 1.05. The van der Waals surface area contributed by atoms with Gasteiger partial charge in [-0.15, -0.1) is 0 Å². The van der Waals surface area contributed by atoms with Crippen LogP contribution in [0.2, 0.25) is 0 Å². The average Bonchev–Trinajstić information content (AvgIpc) is 2.72. The first kappa shape index (κ1) is 13.8. The summed E-state index contributed by atoms with van der Waals surface area (Å²) in [6, 6.07) is -0.287. The van der Waals surface area contributed by atoms with Crippen molar-refractivity contribution in [1.82, 2.24) is 5.32 Å². The molecule has 1 aliphatic rings. The standard InChI is InChI=1S/C11H22N2O2S/c1-16-6-5-9(12)11(15)13-10-4-2-3-8(10)7-14/h8-10,14H,2-7,12H2,1H3,(H,13,15)/t8?,9-,10?/m1/s1. The van der Waals surface area contributed by atoms with E-state index in [2.05, 4.69) is 5.32 Å². The molecule has 1 saturated carbocycles. The molecule has 0 bridgehead atoms. The van der Waals surface area contributed by atoms with Crippen LogP contribution in [0.3, 0.4) is 0 Å². The van der Waals surface area contributed by atoms with Crippen molar-refractivity contribution < 1.29 is 9.90 Å². The second-order valence-corrected chi connectivity index (χ2v) is 5.36. The second kappa shape index (κ2) is 7.14. The minimum atomic E-state index is -0.410. The molecule has 0 aromatic carbocycles. The lowest BCUT2D eigenvalue weighted by atomic mass is 10.0. The minimum Gasteiger partial charge on any atom is -0.396 e.